The van der Waals surface area contributed by atoms with Gasteiger partial charge >= 0.3 is 18.0 Å². The molecule has 2 aromatic rings. The van der Waals surface area contributed by atoms with Crippen LogP contribution in [0.5, 0.6) is 0 Å². The summed E-state index contributed by atoms with van der Waals surface area (Å²) in [5.74, 6) is -0.788. The molecule has 13 heteroatoms. The van der Waals surface area contributed by atoms with Crippen LogP contribution in [0.2, 0.25) is 0 Å². The number of hydrogen-bond donors (Lipinski definition) is 3. The summed E-state index contributed by atoms with van der Waals surface area (Å²) in [6.45, 7) is 13.4. The van der Waals surface area contributed by atoms with Crippen molar-refractivity contribution in [3.05, 3.63) is 59.7 Å². The van der Waals surface area contributed by atoms with Crippen LogP contribution < -0.4 is 16.0 Å². The Bertz CT molecular complexity index is 1710. The van der Waals surface area contributed by atoms with E-state index < -0.39 is 29.3 Å². The van der Waals surface area contributed by atoms with Crippen molar-refractivity contribution >= 4 is 29.8 Å². The van der Waals surface area contributed by atoms with Crippen LogP contribution in [0, 0.1) is 0 Å². The highest BCUT2D eigenvalue weighted by molar-refractivity contribution is 5.84. The van der Waals surface area contributed by atoms with Gasteiger partial charge in [-0.2, -0.15) is 0 Å². The Kier molecular flexibility index (Phi) is 27.4. The van der Waals surface area contributed by atoms with Crippen molar-refractivity contribution in [2.24, 2.45) is 0 Å². The fourth-order valence-corrected chi connectivity index (χ4v) is 8.11. The second-order valence-electron chi connectivity index (χ2n) is 19.8. The van der Waals surface area contributed by atoms with Crippen molar-refractivity contribution in [3.8, 4) is 11.1 Å². The molecule has 0 aromatic heterocycles. The van der Waals surface area contributed by atoms with Crippen LogP contribution in [-0.4, -0.2) is 93.2 Å². The Labute approximate surface area is 402 Å². The summed E-state index contributed by atoms with van der Waals surface area (Å²) in [5, 5.41) is 8.53. The first-order chi connectivity index (χ1) is 32.1. The number of ether oxygens (including phenoxy) is 5. The number of hydrogen-bond acceptors (Lipinski definition) is 10. The predicted molar refractivity (Wildman–Crippen MR) is 264 cm³/mol. The average Bonchev–Trinajstić information content (AvgIpc) is 3.59. The van der Waals surface area contributed by atoms with E-state index >= 15 is 0 Å². The normalized spacial score (nSPS) is 12.7. The summed E-state index contributed by atoms with van der Waals surface area (Å²) in [4.78, 5) is 62.3. The van der Waals surface area contributed by atoms with Crippen LogP contribution >= 0.6 is 0 Å². The van der Waals surface area contributed by atoms with Crippen molar-refractivity contribution in [1.29, 1.82) is 0 Å². The lowest BCUT2D eigenvalue weighted by Gasteiger charge is -2.24. The van der Waals surface area contributed by atoms with E-state index in [0.717, 1.165) is 43.2 Å². The average molecular weight is 936 g/mol. The van der Waals surface area contributed by atoms with Gasteiger partial charge in [-0.25, -0.2) is 9.59 Å². The zero-order chi connectivity index (χ0) is 48.8. The molecule has 0 spiro atoms. The standard InChI is InChI=1S/C54H85N3O10/c1-53(2,3)66-50(60)33-20-18-16-14-12-10-8-7-9-11-13-15-17-19-32-49(59)57-47(51(61)67-54(4,5)6)31-25-26-35-55-48(58)34-37-63-39-40-64-38-36-56-52(62)65-41-46-44-29-23-21-27-42(44)43-28-22-24-30-45(43)46/h21-24,27-30,46-47H,7-20,25-26,31-41H2,1-6H3,(H,55,58)(H,56,62)(H,57,59)/t47-/m0/s1. The Balaban J connectivity index is 1.12. The number of carbonyl (C=O) groups is 5. The van der Waals surface area contributed by atoms with Crippen LogP contribution in [0.15, 0.2) is 48.5 Å². The molecule has 0 radical (unpaired) electrons. The van der Waals surface area contributed by atoms with E-state index in [1.165, 1.54) is 68.9 Å². The molecule has 1 atom stereocenters. The van der Waals surface area contributed by atoms with Gasteiger partial charge in [0.25, 0.3) is 0 Å². The smallest absolute Gasteiger partial charge is 0.407 e. The van der Waals surface area contributed by atoms with Crippen molar-refractivity contribution < 1.29 is 47.7 Å². The summed E-state index contributed by atoms with van der Waals surface area (Å²) >= 11 is 0. The van der Waals surface area contributed by atoms with E-state index in [1.54, 1.807) is 0 Å². The molecule has 0 saturated carbocycles. The van der Waals surface area contributed by atoms with Gasteiger partial charge in [0.1, 0.15) is 23.9 Å². The number of amides is 3. The SMILES string of the molecule is CC(C)(C)OC(=O)CCCCCCCCCCCCCCCCC(=O)N[C@@H](CCCCNC(=O)CCOCCOCCNC(=O)OCC1c2ccccc2-c2ccccc21)C(=O)OC(C)(C)C. The fourth-order valence-electron chi connectivity index (χ4n) is 8.11. The minimum Gasteiger partial charge on any atom is -0.460 e. The lowest BCUT2D eigenvalue weighted by molar-refractivity contribution is -0.159. The van der Waals surface area contributed by atoms with Crippen LogP contribution in [0.1, 0.15) is 187 Å². The van der Waals surface area contributed by atoms with Gasteiger partial charge in [-0.05, 0) is 95.9 Å². The third-order valence-corrected chi connectivity index (χ3v) is 11.4. The maximum absolute atomic E-state index is 13.0. The van der Waals surface area contributed by atoms with Gasteiger partial charge in [-0.1, -0.05) is 126 Å². The first-order valence-corrected chi connectivity index (χ1v) is 25.4. The Morgan fingerprint density at radius 1 is 0.522 bits per heavy atom. The highest BCUT2D eigenvalue weighted by Crippen LogP contribution is 2.44. The van der Waals surface area contributed by atoms with Crippen molar-refractivity contribution in [2.75, 3.05) is 46.1 Å². The van der Waals surface area contributed by atoms with E-state index in [9.17, 15) is 24.0 Å². The molecule has 2 aromatic carbocycles. The maximum Gasteiger partial charge on any atom is 0.407 e. The monoisotopic (exact) mass is 936 g/mol. The molecule has 0 heterocycles. The summed E-state index contributed by atoms with van der Waals surface area (Å²) < 4.78 is 27.6. The fraction of sp³-hybridized carbons (Fsp3) is 0.685. The van der Waals surface area contributed by atoms with Gasteiger partial charge in [0, 0.05) is 38.3 Å². The molecule has 0 bridgehead atoms. The number of benzene rings is 2. The molecule has 13 nitrogen and oxygen atoms in total. The summed E-state index contributed by atoms with van der Waals surface area (Å²) in [6.07, 6.45) is 18.3. The third-order valence-electron chi connectivity index (χ3n) is 11.4. The van der Waals surface area contributed by atoms with Crippen LogP contribution in [0.4, 0.5) is 4.79 Å². The molecule has 3 rings (SSSR count). The van der Waals surface area contributed by atoms with Gasteiger partial charge < -0.3 is 39.6 Å². The first-order valence-electron chi connectivity index (χ1n) is 25.4. The Morgan fingerprint density at radius 2 is 1.03 bits per heavy atom. The molecular weight excluding hydrogens is 851 g/mol. The van der Waals surface area contributed by atoms with Gasteiger partial charge in [0.05, 0.1) is 26.4 Å². The molecule has 0 fully saturated rings. The van der Waals surface area contributed by atoms with E-state index in [0.29, 0.717) is 65.0 Å². The Hall–Kier alpha value is -4.49. The van der Waals surface area contributed by atoms with E-state index in [4.69, 9.17) is 23.7 Å². The lowest BCUT2D eigenvalue weighted by atomic mass is 9.98. The summed E-state index contributed by atoms with van der Waals surface area (Å²) in [6, 6.07) is 15.7. The van der Waals surface area contributed by atoms with Crippen LogP contribution in [-0.2, 0) is 42.9 Å². The Morgan fingerprint density at radius 3 is 1.58 bits per heavy atom. The van der Waals surface area contributed by atoms with Gasteiger partial charge in [0.15, 0.2) is 0 Å². The molecule has 0 unspecified atom stereocenters. The first kappa shape index (κ1) is 56.8. The molecular formula is C54H85N3O10. The quantitative estimate of drug-likeness (QED) is 0.0344. The largest absolute Gasteiger partial charge is 0.460 e. The highest BCUT2D eigenvalue weighted by Gasteiger charge is 2.29. The number of fused-ring (bicyclic) bond motifs is 3. The zero-order valence-electron chi connectivity index (χ0n) is 41.9. The molecule has 0 saturated heterocycles. The number of rotatable bonds is 35. The van der Waals surface area contributed by atoms with Crippen molar-refractivity contribution in [2.45, 2.75) is 193 Å². The van der Waals surface area contributed by atoms with E-state index in [-0.39, 0.29) is 43.3 Å². The van der Waals surface area contributed by atoms with E-state index in [1.807, 2.05) is 65.8 Å². The van der Waals surface area contributed by atoms with Gasteiger partial charge in [0.2, 0.25) is 11.8 Å². The molecule has 67 heavy (non-hydrogen) atoms. The minimum atomic E-state index is -0.731. The molecule has 3 N–H and O–H groups in total. The highest BCUT2D eigenvalue weighted by atomic mass is 16.6. The molecule has 1 aliphatic rings. The van der Waals surface area contributed by atoms with Crippen molar-refractivity contribution in [1.82, 2.24) is 16.0 Å². The summed E-state index contributed by atoms with van der Waals surface area (Å²) in [5.41, 5.74) is 3.62. The molecule has 3 amide bonds. The van der Waals surface area contributed by atoms with Gasteiger partial charge in [-0.3, -0.25) is 14.4 Å². The molecule has 1 aliphatic carbocycles. The minimum absolute atomic E-state index is 0.00436. The number of nitrogens with one attached hydrogen (secondary N) is 3. The number of alkyl carbamates (subject to hydrolysis) is 1. The van der Waals surface area contributed by atoms with Gasteiger partial charge in [-0.15, -0.1) is 0 Å². The second-order valence-corrected chi connectivity index (χ2v) is 19.8. The number of unbranched alkanes of at least 4 members (excludes halogenated alkanes) is 14. The van der Waals surface area contributed by atoms with E-state index in [2.05, 4.69) is 40.2 Å². The molecule has 0 aliphatic heterocycles. The number of esters is 2. The van der Waals surface area contributed by atoms with Crippen molar-refractivity contribution in [3.63, 3.8) is 0 Å². The lowest BCUT2D eigenvalue weighted by Crippen LogP contribution is -2.44. The topological polar surface area (TPSA) is 168 Å². The molecule has 376 valence electrons. The number of carbonyl (C=O) groups excluding carboxylic acids is 5. The third kappa shape index (κ3) is 26.0. The summed E-state index contributed by atoms with van der Waals surface area (Å²) in [7, 11) is 0. The zero-order valence-corrected chi connectivity index (χ0v) is 41.9. The van der Waals surface area contributed by atoms with Crippen LogP contribution in [0.3, 0.4) is 0 Å². The second kappa shape index (κ2) is 32.3. The maximum atomic E-state index is 13.0. The predicted octanol–water partition coefficient (Wildman–Crippen LogP) is 10.6. The van der Waals surface area contributed by atoms with Crippen LogP contribution in [0.25, 0.3) is 11.1 Å².